The maximum Gasteiger partial charge on any atom is 0.340 e. The molecule has 1 aliphatic carbocycles. The summed E-state index contributed by atoms with van der Waals surface area (Å²) in [7, 11) is 0. The van der Waals surface area contributed by atoms with Gasteiger partial charge in [-0.3, -0.25) is 4.79 Å². The Balaban J connectivity index is 1.85. The number of rotatable bonds is 4. The summed E-state index contributed by atoms with van der Waals surface area (Å²) in [6, 6.07) is 3.50. The Morgan fingerprint density at radius 2 is 2.09 bits per heavy atom. The molecular weight excluding hydrogens is 321 g/mol. The number of carbonyl (C=O) groups excluding carboxylic acids is 2. The van der Waals surface area contributed by atoms with Crippen LogP contribution in [-0.4, -0.2) is 24.5 Å². The van der Waals surface area contributed by atoms with Crippen molar-refractivity contribution < 1.29 is 18.7 Å². The highest BCUT2D eigenvalue weighted by molar-refractivity contribution is 6.33. The number of hydrogen-bond donors (Lipinski definition) is 1. The summed E-state index contributed by atoms with van der Waals surface area (Å²) in [4.78, 5) is 23.8. The molecule has 0 bridgehead atoms. The molecule has 1 aromatic rings. The van der Waals surface area contributed by atoms with Crippen molar-refractivity contribution in [2.45, 2.75) is 39.2 Å². The monoisotopic (exact) mass is 341 g/mol. The van der Waals surface area contributed by atoms with Gasteiger partial charge in [0.05, 0.1) is 10.6 Å². The zero-order chi connectivity index (χ0) is 17.0. The Hall–Kier alpha value is -1.62. The van der Waals surface area contributed by atoms with Crippen molar-refractivity contribution in [3.63, 3.8) is 0 Å². The maximum absolute atomic E-state index is 13.0. The van der Waals surface area contributed by atoms with Crippen LogP contribution in [0.25, 0.3) is 0 Å². The van der Waals surface area contributed by atoms with Crippen LogP contribution in [0.3, 0.4) is 0 Å². The van der Waals surface area contributed by atoms with E-state index in [4.69, 9.17) is 16.3 Å². The Morgan fingerprint density at radius 3 is 2.78 bits per heavy atom. The zero-order valence-electron chi connectivity index (χ0n) is 13.3. The van der Waals surface area contributed by atoms with Crippen molar-refractivity contribution in [3.8, 4) is 0 Å². The van der Waals surface area contributed by atoms with Crippen molar-refractivity contribution in [3.05, 3.63) is 34.6 Å². The third-order valence-corrected chi connectivity index (χ3v) is 4.85. The lowest BCUT2D eigenvalue weighted by atomic mass is 9.78. The van der Waals surface area contributed by atoms with Crippen LogP contribution in [0.4, 0.5) is 4.39 Å². The van der Waals surface area contributed by atoms with Crippen LogP contribution in [0, 0.1) is 17.7 Å². The van der Waals surface area contributed by atoms with Gasteiger partial charge in [0.25, 0.3) is 5.91 Å². The number of ether oxygens (including phenoxy) is 1. The molecule has 0 aliphatic heterocycles. The predicted octanol–water partition coefficient (Wildman–Crippen LogP) is 3.58. The Labute approximate surface area is 140 Å². The second-order valence-corrected chi connectivity index (χ2v) is 6.55. The van der Waals surface area contributed by atoms with E-state index in [0.717, 1.165) is 25.0 Å². The summed E-state index contributed by atoms with van der Waals surface area (Å²) in [5, 5.41) is 2.88. The van der Waals surface area contributed by atoms with E-state index in [9.17, 15) is 14.0 Å². The molecule has 0 unspecified atom stereocenters. The quantitative estimate of drug-likeness (QED) is 0.852. The van der Waals surface area contributed by atoms with Gasteiger partial charge in [-0.1, -0.05) is 38.3 Å². The fourth-order valence-corrected chi connectivity index (χ4v) is 3.14. The molecule has 1 saturated carbocycles. The molecule has 2 rings (SSSR count). The highest BCUT2D eigenvalue weighted by Crippen LogP contribution is 2.29. The first-order valence-electron chi connectivity index (χ1n) is 7.80. The first-order chi connectivity index (χ1) is 10.9. The molecule has 1 aromatic carbocycles. The minimum atomic E-state index is -0.741. The Morgan fingerprint density at radius 1 is 1.35 bits per heavy atom. The zero-order valence-corrected chi connectivity index (χ0v) is 14.0. The Kier molecular flexibility index (Phi) is 5.99. The smallest absolute Gasteiger partial charge is 0.340 e. The van der Waals surface area contributed by atoms with Crippen LogP contribution in [0.1, 0.15) is 43.5 Å². The van der Waals surface area contributed by atoms with E-state index in [1.807, 2.05) is 0 Å². The topological polar surface area (TPSA) is 55.4 Å². The highest BCUT2D eigenvalue weighted by Gasteiger charge is 2.28. The molecular formula is C17H21ClFNO3. The number of benzene rings is 1. The summed E-state index contributed by atoms with van der Waals surface area (Å²) < 4.78 is 17.9. The number of hydrogen-bond acceptors (Lipinski definition) is 3. The molecule has 0 spiro atoms. The van der Waals surface area contributed by atoms with E-state index in [0.29, 0.717) is 11.8 Å². The largest absolute Gasteiger partial charge is 0.452 e. The molecule has 0 heterocycles. The normalized spacial score (nSPS) is 24.1. The first kappa shape index (κ1) is 17.7. The van der Waals surface area contributed by atoms with Crippen molar-refractivity contribution in [2.75, 3.05) is 6.61 Å². The fourth-order valence-electron chi connectivity index (χ4n) is 2.90. The van der Waals surface area contributed by atoms with Crippen molar-refractivity contribution in [1.29, 1.82) is 0 Å². The van der Waals surface area contributed by atoms with Gasteiger partial charge in [0, 0.05) is 6.04 Å². The molecule has 0 radical (unpaired) electrons. The van der Waals surface area contributed by atoms with Crippen LogP contribution in [0.2, 0.25) is 5.02 Å². The van der Waals surface area contributed by atoms with Gasteiger partial charge in [-0.05, 0) is 36.5 Å². The van der Waals surface area contributed by atoms with Gasteiger partial charge in [-0.2, -0.15) is 0 Å². The lowest BCUT2D eigenvalue weighted by molar-refractivity contribution is -0.125. The molecule has 1 N–H and O–H groups in total. The summed E-state index contributed by atoms with van der Waals surface area (Å²) in [6.45, 7) is 3.93. The van der Waals surface area contributed by atoms with E-state index in [-0.39, 0.29) is 29.1 Å². The van der Waals surface area contributed by atoms with Crippen molar-refractivity contribution in [2.24, 2.45) is 11.8 Å². The lowest BCUT2D eigenvalue weighted by Gasteiger charge is -2.34. The van der Waals surface area contributed by atoms with Gasteiger partial charge in [-0.25, -0.2) is 9.18 Å². The van der Waals surface area contributed by atoms with Gasteiger partial charge in [-0.15, -0.1) is 0 Å². The SMILES string of the molecule is C[C@H]1[C@@H](NC(=O)COC(=O)c2ccc(F)cc2Cl)CCC[C@@H]1C. The molecule has 6 heteroatoms. The van der Waals surface area contributed by atoms with Crippen molar-refractivity contribution >= 4 is 23.5 Å². The number of carbonyl (C=O) groups is 2. The van der Waals surface area contributed by atoms with Crippen LogP contribution in [0.5, 0.6) is 0 Å². The molecule has 1 amide bonds. The van der Waals surface area contributed by atoms with Crippen LogP contribution in [-0.2, 0) is 9.53 Å². The van der Waals surface area contributed by atoms with E-state index in [1.54, 1.807) is 0 Å². The predicted molar refractivity (Wildman–Crippen MR) is 85.8 cm³/mol. The molecule has 3 atom stereocenters. The maximum atomic E-state index is 13.0. The van der Waals surface area contributed by atoms with E-state index < -0.39 is 11.8 Å². The third kappa shape index (κ3) is 4.67. The number of esters is 1. The van der Waals surface area contributed by atoms with Crippen LogP contribution < -0.4 is 5.32 Å². The molecule has 23 heavy (non-hydrogen) atoms. The average molecular weight is 342 g/mol. The molecule has 1 fully saturated rings. The van der Waals surface area contributed by atoms with Gasteiger partial charge < -0.3 is 10.1 Å². The van der Waals surface area contributed by atoms with Gasteiger partial charge in [0.1, 0.15) is 5.82 Å². The van der Waals surface area contributed by atoms with Crippen LogP contribution >= 0.6 is 11.6 Å². The van der Waals surface area contributed by atoms with Crippen molar-refractivity contribution in [1.82, 2.24) is 5.32 Å². The Bertz CT molecular complexity index is 593. The average Bonchev–Trinajstić information content (AvgIpc) is 2.49. The van der Waals surface area contributed by atoms with E-state index in [1.165, 1.54) is 12.5 Å². The number of amides is 1. The molecule has 0 aromatic heterocycles. The second kappa shape index (κ2) is 7.77. The second-order valence-electron chi connectivity index (χ2n) is 6.14. The minimum absolute atomic E-state index is 0.0369. The van der Waals surface area contributed by atoms with Gasteiger partial charge in [0.2, 0.25) is 0 Å². The molecule has 4 nitrogen and oxygen atoms in total. The lowest BCUT2D eigenvalue weighted by Crippen LogP contribution is -2.45. The molecule has 1 aliphatic rings. The summed E-state index contributed by atoms with van der Waals surface area (Å²) in [5.74, 6) is -0.646. The standard InChI is InChI=1S/C17H21ClFNO3/c1-10-4-3-5-15(11(10)2)20-16(21)9-23-17(22)13-7-6-12(19)8-14(13)18/h6-8,10-11,15H,3-5,9H2,1-2H3,(H,20,21)/t10-,11+,15-/m0/s1. The van der Waals surface area contributed by atoms with E-state index in [2.05, 4.69) is 19.2 Å². The highest BCUT2D eigenvalue weighted by atomic mass is 35.5. The fraction of sp³-hybridized carbons (Fsp3) is 0.529. The van der Waals surface area contributed by atoms with E-state index >= 15 is 0 Å². The van der Waals surface area contributed by atoms with Crippen LogP contribution in [0.15, 0.2) is 18.2 Å². The number of nitrogens with one attached hydrogen (secondary N) is 1. The minimum Gasteiger partial charge on any atom is -0.452 e. The summed E-state index contributed by atoms with van der Waals surface area (Å²) >= 11 is 5.79. The van der Waals surface area contributed by atoms with Gasteiger partial charge in [0.15, 0.2) is 6.61 Å². The first-order valence-corrected chi connectivity index (χ1v) is 8.18. The summed E-state index contributed by atoms with van der Waals surface area (Å²) in [6.07, 6.45) is 3.20. The molecule has 126 valence electrons. The molecule has 0 saturated heterocycles. The van der Waals surface area contributed by atoms with Gasteiger partial charge >= 0.3 is 5.97 Å². The third-order valence-electron chi connectivity index (χ3n) is 4.54. The summed E-state index contributed by atoms with van der Waals surface area (Å²) in [5.41, 5.74) is 0.0422. The number of halogens is 2.